The van der Waals surface area contributed by atoms with Crippen molar-refractivity contribution in [1.82, 2.24) is 0 Å². The molecule has 0 amide bonds. The smallest absolute Gasteiger partial charge is 0.314 e. The van der Waals surface area contributed by atoms with Gasteiger partial charge in [-0.3, -0.25) is 4.79 Å². The predicted molar refractivity (Wildman–Crippen MR) is 78.1 cm³/mol. The Morgan fingerprint density at radius 3 is 2.55 bits per heavy atom. The molecule has 1 fully saturated rings. The second-order valence-corrected chi connectivity index (χ2v) is 5.94. The zero-order chi connectivity index (χ0) is 14.3. The van der Waals surface area contributed by atoms with Gasteiger partial charge in [0.25, 0.3) is 0 Å². The van der Waals surface area contributed by atoms with Crippen LogP contribution in [0.2, 0.25) is 0 Å². The molecule has 1 aliphatic carbocycles. The van der Waals surface area contributed by atoms with Crippen molar-refractivity contribution in [2.24, 2.45) is 0 Å². The van der Waals surface area contributed by atoms with Crippen LogP contribution in [0.4, 0.5) is 0 Å². The van der Waals surface area contributed by atoms with E-state index < -0.39 is 11.4 Å². The first-order valence-electron chi connectivity index (χ1n) is 7.28. The first kappa shape index (κ1) is 13.2. The monoisotopic (exact) mass is 272 g/mol. The Morgan fingerprint density at radius 2 is 1.90 bits per heavy atom. The summed E-state index contributed by atoms with van der Waals surface area (Å²) in [6.07, 6.45) is 4.57. The minimum Gasteiger partial charge on any atom is -0.481 e. The molecule has 0 radical (unpaired) electrons. The Balaban J connectivity index is 2.14. The molecule has 1 heterocycles. The van der Waals surface area contributed by atoms with Crippen LogP contribution in [0.1, 0.15) is 49.0 Å². The molecule has 1 N–H and O–H groups in total. The largest absolute Gasteiger partial charge is 0.481 e. The minimum atomic E-state index is -0.721. The van der Waals surface area contributed by atoms with Crippen LogP contribution in [0.25, 0.3) is 11.0 Å². The topological polar surface area (TPSA) is 50.4 Å². The molecule has 1 aromatic carbocycles. The van der Waals surface area contributed by atoms with Crippen molar-refractivity contribution < 1.29 is 14.3 Å². The molecule has 1 aliphatic rings. The van der Waals surface area contributed by atoms with E-state index >= 15 is 0 Å². The van der Waals surface area contributed by atoms with Crippen LogP contribution in [0, 0.1) is 13.8 Å². The summed E-state index contributed by atoms with van der Waals surface area (Å²) in [5.41, 5.74) is 2.12. The average molecular weight is 272 g/mol. The highest BCUT2D eigenvalue weighted by atomic mass is 16.4. The normalized spacial score (nSPS) is 18.3. The second kappa shape index (κ2) is 4.65. The van der Waals surface area contributed by atoms with Gasteiger partial charge in [0.2, 0.25) is 0 Å². The highest BCUT2D eigenvalue weighted by Gasteiger charge is 2.41. The van der Waals surface area contributed by atoms with Gasteiger partial charge in [0.15, 0.2) is 0 Å². The number of aryl methyl sites for hydroxylation is 2. The molecular formula is C17H20O3. The number of rotatable bonds is 2. The lowest BCUT2D eigenvalue weighted by atomic mass is 9.69. The van der Waals surface area contributed by atoms with Crippen LogP contribution in [0.3, 0.4) is 0 Å². The van der Waals surface area contributed by atoms with Crippen molar-refractivity contribution in [2.75, 3.05) is 0 Å². The predicted octanol–water partition coefficient (Wildman–Crippen LogP) is 4.34. The summed E-state index contributed by atoms with van der Waals surface area (Å²) in [6, 6.07) is 5.92. The van der Waals surface area contributed by atoms with Gasteiger partial charge in [-0.05, 0) is 43.9 Å². The fraction of sp³-hybridized carbons (Fsp3) is 0.471. The summed E-state index contributed by atoms with van der Waals surface area (Å²) in [6.45, 7) is 3.98. The van der Waals surface area contributed by atoms with Gasteiger partial charge < -0.3 is 9.52 Å². The van der Waals surface area contributed by atoms with Crippen LogP contribution >= 0.6 is 0 Å². The highest BCUT2D eigenvalue weighted by molar-refractivity contribution is 5.87. The van der Waals surface area contributed by atoms with E-state index in [9.17, 15) is 9.90 Å². The Bertz CT molecular complexity index is 660. The first-order chi connectivity index (χ1) is 9.54. The molecular weight excluding hydrogens is 252 g/mol. The lowest BCUT2D eigenvalue weighted by molar-refractivity contribution is -0.145. The van der Waals surface area contributed by atoms with E-state index in [2.05, 4.69) is 0 Å². The van der Waals surface area contributed by atoms with E-state index in [1.54, 1.807) is 0 Å². The van der Waals surface area contributed by atoms with E-state index in [0.717, 1.165) is 60.0 Å². The number of carboxylic acid groups (broad SMARTS) is 1. The fourth-order valence-corrected chi connectivity index (χ4v) is 3.43. The van der Waals surface area contributed by atoms with Gasteiger partial charge in [-0.1, -0.05) is 31.4 Å². The fourth-order valence-electron chi connectivity index (χ4n) is 3.43. The lowest BCUT2D eigenvalue weighted by Crippen LogP contribution is -2.37. The summed E-state index contributed by atoms with van der Waals surface area (Å²) in [7, 11) is 0. The number of hydrogen-bond donors (Lipinski definition) is 1. The van der Waals surface area contributed by atoms with Crippen molar-refractivity contribution in [2.45, 2.75) is 51.4 Å². The summed E-state index contributed by atoms with van der Waals surface area (Å²) in [5.74, 6) is 0.210. The number of carbonyl (C=O) groups is 1. The van der Waals surface area contributed by atoms with Gasteiger partial charge in [0.1, 0.15) is 11.3 Å². The van der Waals surface area contributed by atoms with Crippen LogP contribution in [0.15, 0.2) is 22.6 Å². The number of fused-ring (bicyclic) bond motifs is 1. The third-order valence-corrected chi connectivity index (χ3v) is 4.85. The third-order valence-electron chi connectivity index (χ3n) is 4.85. The maximum Gasteiger partial charge on any atom is 0.314 e. The molecule has 1 aromatic heterocycles. The molecule has 3 heteroatoms. The molecule has 0 saturated heterocycles. The summed E-state index contributed by atoms with van der Waals surface area (Å²) < 4.78 is 5.76. The molecule has 20 heavy (non-hydrogen) atoms. The van der Waals surface area contributed by atoms with Gasteiger partial charge in [-0.25, -0.2) is 0 Å². The molecule has 106 valence electrons. The first-order valence-corrected chi connectivity index (χ1v) is 7.28. The standard InChI is InChI=1S/C17H20O3/c1-11-12(2)20-15-10-13(6-7-14(11)15)17(16(18)19)8-4-3-5-9-17/h6-7,10H,3-5,8-9H2,1-2H3,(H,18,19). The zero-order valence-electron chi connectivity index (χ0n) is 12.0. The van der Waals surface area contributed by atoms with Crippen molar-refractivity contribution >= 4 is 16.9 Å². The summed E-state index contributed by atoms with van der Waals surface area (Å²) >= 11 is 0. The maximum absolute atomic E-state index is 11.9. The van der Waals surface area contributed by atoms with Gasteiger partial charge in [-0.2, -0.15) is 0 Å². The Kier molecular flexibility index (Phi) is 3.08. The van der Waals surface area contributed by atoms with E-state index in [0.29, 0.717) is 0 Å². The third kappa shape index (κ3) is 1.84. The number of benzene rings is 1. The van der Waals surface area contributed by atoms with Crippen LogP contribution in [-0.4, -0.2) is 11.1 Å². The van der Waals surface area contributed by atoms with Gasteiger partial charge >= 0.3 is 5.97 Å². The highest BCUT2D eigenvalue weighted by Crippen LogP contribution is 2.41. The lowest BCUT2D eigenvalue weighted by Gasteiger charge is -2.33. The van der Waals surface area contributed by atoms with Crippen molar-refractivity contribution in [1.29, 1.82) is 0 Å². The Labute approximate surface area is 118 Å². The second-order valence-electron chi connectivity index (χ2n) is 5.94. The molecule has 3 nitrogen and oxygen atoms in total. The van der Waals surface area contributed by atoms with E-state index in [1.165, 1.54) is 0 Å². The molecule has 0 spiro atoms. The quantitative estimate of drug-likeness (QED) is 0.884. The number of hydrogen-bond acceptors (Lipinski definition) is 2. The summed E-state index contributed by atoms with van der Waals surface area (Å²) in [5, 5.41) is 10.8. The van der Waals surface area contributed by atoms with E-state index in [4.69, 9.17) is 4.42 Å². The maximum atomic E-state index is 11.9. The van der Waals surface area contributed by atoms with Gasteiger partial charge in [0, 0.05) is 5.39 Å². The van der Waals surface area contributed by atoms with E-state index in [-0.39, 0.29) is 0 Å². The number of furan rings is 1. The van der Waals surface area contributed by atoms with Crippen LogP contribution in [0.5, 0.6) is 0 Å². The van der Waals surface area contributed by atoms with Crippen molar-refractivity contribution in [3.8, 4) is 0 Å². The van der Waals surface area contributed by atoms with Crippen molar-refractivity contribution in [3.05, 3.63) is 35.1 Å². The van der Waals surface area contributed by atoms with Crippen LogP contribution in [-0.2, 0) is 10.2 Å². The summed E-state index contributed by atoms with van der Waals surface area (Å²) in [4.78, 5) is 11.9. The number of aliphatic carboxylic acids is 1. The van der Waals surface area contributed by atoms with E-state index in [1.807, 2.05) is 32.0 Å². The number of carboxylic acids is 1. The molecule has 0 atom stereocenters. The van der Waals surface area contributed by atoms with Crippen LogP contribution < -0.4 is 0 Å². The Morgan fingerprint density at radius 1 is 1.20 bits per heavy atom. The Hall–Kier alpha value is -1.77. The molecule has 0 unspecified atom stereocenters. The van der Waals surface area contributed by atoms with Gasteiger partial charge in [-0.15, -0.1) is 0 Å². The van der Waals surface area contributed by atoms with Crippen molar-refractivity contribution in [3.63, 3.8) is 0 Å². The minimum absolute atomic E-state index is 0.698. The molecule has 2 aromatic rings. The molecule has 1 saturated carbocycles. The molecule has 0 aliphatic heterocycles. The SMILES string of the molecule is Cc1oc2cc(C3(C(=O)O)CCCCC3)ccc2c1C. The molecule has 3 rings (SSSR count). The zero-order valence-corrected chi connectivity index (χ0v) is 12.0. The molecule has 0 bridgehead atoms. The average Bonchev–Trinajstić information content (AvgIpc) is 2.74. The van der Waals surface area contributed by atoms with Gasteiger partial charge in [0.05, 0.1) is 5.41 Å².